The van der Waals surface area contributed by atoms with E-state index in [1.54, 1.807) is 7.11 Å². The molecule has 0 aromatic heterocycles. The zero-order chi connectivity index (χ0) is 20.6. The third-order valence-electron chi connectivity index (χ3n) is 9.43. The van der Waals surface area contributed by atoms with Crippen molar-refractivity contribution >= 4 is 0 Å². The van der Waals surface area contributed by atoms with Gasteiger partial charge >= 0.3 is 6.18 Å². The predicted octanol–water partition coefficient (Wildman–Crippen LogP) is 7.64. The van der Waals surface area contributed by atoms with Crippen LogP contribution in [0.3, 0.4) is 0 Å². The number of hydrogen-bond donors (Lipinski definition) is 0. The van der Waals surface area contributed by atoms with Gasteiger partial charge in [-0.05, 0) is 98.2 Å². The van der Waals surface area contributed by atoms with Gasteiger partial charge in [0.15, 0.2) is 0 Å². The first-order chi connectivity index (χ1) is 13.2. The van der Waals surface area contributed by atoms with Gasteiger partial charge in [-0.2, -0.15) is 13.2 Å². The highest BCUT2D eigenvalue weighted by Crippen LogP contribution is 2.67. The van der Waals surface area contributed by atoms with Crippen molar-refractivity contribution in [2.75, 3.05) is 13.7 Å². The molecule has 0 saturated heterocycles. The minimum Gasteiger partial charge on any atom is -0.385 e. The second-order valence-corrected chi connectivity index (χ2v) is 10.7. The highest BCUT2D eigenvalue weighted by molar-refractivity contribution is 5.08. The van der Waals surface area contributed by atoms with Crippen LogP contribution in [0.5, 0.6) is 0 Å². The van der Waals surface area contributed by atoms with Crippen molar-refractivity contribution in [3.8, 4) is 0 Å². The molecule has 3 aliphatic rings. The Hall–Kier alpha value is -0.250. The lowest BCUT2D eigenvalue weighted by molar-refractivity contribution is -0.177. The largest absolute Gasteiger partial charge is 0.389 e. The van der Waals surface area contributed by atoms with E-state index in [0.717, 1.165) is 57.0 Å². The number of ether oxygens (including phenoxy) is 1. The summed E-state index contributed by atoms with van der Waals surface area (Å²) in [4.78, 5) is 0. The zero-order valence-electron chi connectivity index (χ0n) is 18.4. The molecular formula is C24H41F3O. The van der Waals surface area contributed by atoms with Crippen LogP contribution in [0.2, 0.25) is 0 Å². The van der Waals surface area contributed by atoms with Gasteiger partial charge in [-0.1, -0.05) is 27.2 Å². The Morgan fingerprint density at radius 2 is 1.68 bits per heavy atom. The average Bonchev–Trinajstić information content (AvgIpc) is 2.94. The first-order valence-corrected chi connectivity index (χ1v) is 11.7. The minimum absolute atomic E-state index is 0.136. The van der Waals surface area contributed by atoms with Crippen LogP contribution in [-0.4, -0.2) is 19.9 Å². The SMILES string of the molecule is CCCC1(C)C(CC(F)(F)F)CCC2C3CCC(CCCOC)C3(C)CCC21. The smallest absolute Gasteiger partial charge is 0.385 e. The maximum absolute atomic E-state index is 13.3. The van der Waals surface area contributed by atoms with Gasteiger partial charge in [0.2, 0.25) is 0 Å². The van der Waals surface area contributed by atoms with Crippen molar-refractivity contribution in [3.05, 3.63) is 0 Å². The molecular weight excluding hydrogens is 361 g/mol. The second-order valence-electron chi connectivity index (χ2n) is 10.7. The Morgan fingerprint density at radius 3 is 2.32 bits per heavy atom. The van der Waals surface area contributed by atoms with Gasteiger partial charge < -0.3 is 4.74 Å². The van der Waals surface area contributed by atoms with Crippen LogP contribution in [0.1, 0.15) is 91.4 Å². The van der Waals surface area contributed by atoms with Crippen LogP contribution in [0.25, 0.3) is 0 Å². The molecule has 3 fully saturated rings. The molecule has 0 heterocycles. The van der Waals surface area contributed by atoms with E-state index >= 15 is 0 Å². The molecule has 3 saturated carbocycles. The molecule has 3 rings (SSSR count). The fraction of sp³-hybridized carbons (Fsp3) is 1.00. The molecule has 1 nitrogen and oxygen atoms in total. The first kappa shape index (κ1) is 22.4. The van der Waals surface area contributed by atoms with E-state index < -0.39 is 12.6 Å². The lowest BCUT2D eigenvalue weighted by Crippen LogP contribution is -2.52. The van der Waals surface area contributed by atoms with Crippen LogP contribution in [0.4, 0.5) is 13.2 Å². The van der Waals surface area contributed by atoms with Gasteiger partial charge in [-0.15, -0.1) is 0 Å². The Bertz CT molecular complexity index is 518. The van der Waals surface area contributed by atoms with E-state index in [-0.39, 0.29) is 11.3 Å². The quantitative estimate of drug-likeness (QED) is 0.398. The van der Waals surface area contributed by atoms with E-state index in [1.165, 1.54) is 25.7 Å². The van der Waals surface area contributed by atoms with Crippen molar-refractivity contribution in [2.24, 2.45) is 40.4 Å². The predicted molar refractivity (Wildman–Crippen MR) is 108 cm³/mol. The van der Waals surface area contributed by atoms with Crippen molar-refractivity contribution in [1.82, 2.24) is 0 Å². The van der Waals surface area contributed by atoms with Crippen molar-refractivity contribution in [1.29, 1.82) is 0 Å². The van der Waals surface area contributed by atoms with Crippen LogP contribution in [-0.2, 0) is 4.74 Å². The Balaban J connectivity index is 1.78. The molecule has 0 radical (unpaired) electrons. The third-order valence-corrected chi connectivity index (χ3v) is 9.43. The maximum Gasteiger partial charge on any atom is 0.389 e. The fourth-order valence-corrected chi connectivity index (χ4v) is 8.13. The monoisotopic (exact) mass is 402 g/mol. The summed E-state index contributed by atoms with van der Waals surface area (Å²) in [5.74, 6) is 2.45. The highest BCUT2D eigenvalue weighted by atomic mass is 19.4. The third kappa shape index (κ3) is 4.14. The molecule has 28 heavy (non-hydrogen) atoms. The van der Waals surface area contributed by atoms with E-state index in [4.69, 9.17) is 4.74 Å². The minimum atomic E-state index is -4.03. The summed E-state index contributed by atoms with van der Waals surface area (Å²) >= 11 is 0. The van der Waals surface area contributed by atoms with Gasteiger partial charge in [0.25, 0.3) is 0 Å². The molecule has 7 atom stereocenters. The van der Waals surface area contributed by atoms with Gasteiger partial charge in [-0.25, -0.2) is 0 Å². The fourth-order valence-electron chi connectivity index (χ4n) is 8.13. The van der Waals surface area contributed by atoms with Crippen molar-refractivity contribution < 1.29 is 17.9 Å². The van der Waals surface area contributed by atoms with E-state index in [2.05, 4.69) is 20.8 Å². The van der Waals surface area contributed by atoms with E-state index in [1.807, 2.05) is 0 Å². The molecule has 0 bridgehead atoms. The summed E-state index contributed by atoms with van der Waals surface area (Å²) < 4.78 is 45.2. The average molecular weight is 403 g/mol. The molecule has 0 aliphatic heterocycles. The van der Waals surface area contributed by atoms with Gasteiger partial charge in [0.05, 0.1) is 0 Å². The van der Waals surface area contributed by atoms with Crippen LogP contribution < -0.4 is 0 Å². The molecule has 0 aromatic rings. The lowest BCUT2D eigenvalue weighted by Gasteiger charge is -2.59. The molecule has 0 N–H and O–H groups in total. The van der Waals surface area contributed by atoms with E-state index in [0.29, 0.717) is 17.3 Å². The summed E-state index contributed by atoms with van der Waals surface area (Å²) in [7, 11) is 1.78. The molecule has 0 spiro atoms. The summed E-state index contributed by atoms with van der Waals surface area (Å²) in [6.45, 7) is 7.72. The molecule has 3 aliphatic carbocycles. The van der Waals surface area contributed by atoms with Crippen LogP contribution in [0.15, 0.2) is 0 Å². The second kappa shape index (κ2) is 8.47. The first-order valence-electron chi connectivity index (χ1n) is 11.7. The maximum atomic E-state index is 13.3. The van der Waals surface area contributed by atoms with Crippen LogP contribution >= 0.6 is 0 Å². The highest BCUT2D eigenvalue weighted by Gasteiger charge is 2.59. The summed E-state index contributed by atoms with van der Waals surface area (Å²) in [6.07, 6.45) is 6.49. The standard InChI is InChI=1S/C24H41F3O/c1-5-13-22(2)18(16-24(25,26)27)8-10-19-20-11-9-17(7-6-15-28-4)23(20,3)14-12-21(19)22/h17-21H,5-16H2,1-4H3. The molecule has 0 aromatic carbocycles. The zero-order valence-corrected chi connectivity index (χ0v) is 18.4. The number of hydrogen-bond acceptors (Lipinski definition) is 1. The molecule has 4 heteroatoms. The molecule has 0 amide bonds. The van der Waals surface area contributed by atoms with Gasteiger partial charge in [0, 0.05) is 20.1 Å². The Morgan fingerprint density at radius 1 is 0.964 bits per heavy atom. The van der Waals surface area contributed by atoms with E-state index in [9.17, 15) is 13.2 Å². The lowest BCUT2D eigenvalue weighted by atomic mass is 9.46. The van der Waals surface area contributed by atoms with Crippen LogP contribution in [0, 0.1) is 40.4 Å². The van der Waals surface area contributed by atoms with Gasteiger partial charge in [-0.3, -0.25) is 0 Å². The van der Waals surface area contributed by atoms with Crippen molar-refractivity contribution in [2.45, 2.75) is 97.6 Å². The summed E-state index contributed by atoms with van der Waals surface area (Å²) in [5.41, 5.74) is 0.265. The summed E-state index contributed by atoms with van der Waals surface area (Å²) in [5, 5.41) is 0. The number of alkyl halides is 3. The number of fused-ring (bicyclic) bond motifs is 3. The normalized spacial score (nSPS) is 43.6. The number of rotatable bonds is 7. The van der Waals surface area contributed by atoms with Gasteiger partial charge in [0.1, 0.15) is 0 Å². The Labute approximate surface area is 170 Å². The topological polar surface area (TPSA) is 9.23 Å². The summed E-state index contributed by atoms with van der Waals surface area (Å²) in [6, 6.07) is 0. The number of methoxy groups -OCH3 is 1. The molecule has 7 unspecified atom stereocenters. The Kier molecular flexibility index (Phi) is 6.79. The number of halogens is 3. The molecule has 164 valence electrons. The van der Waals surface area contributed by atoms with Crippen molar-refractivity contribution in [3.63, 3.8) is 0 Å².